The van der Waals surface area contributed by atoms with Crippen LogP contribution >= 0.6 is 0 Å². The third-order valence-corrected chi connectivity index (χ3v) is 4.32. The number of aliphatic hydroxyl groups excluding tert-OH is 1. The van der Waals surface area contributed by atoms with Crippen molar-refractivity contribution in [3.8, 4) is 0 Å². The van der Waals surface area contributed by atoms with E-state index in [1.54, 1.807) is 0 Å². The van der Waals surface area contributed by atoms with Gasteiger partial charge in [0.1, 0.15) is 0 Å². The number of aliphatic hydroxyl groups is 1. The molecule has 0 bridgehead atoms. The highest BCUT2D eigenvalue weighted by atomic mass is 16.3. The molecule has 1 saturated heterocycles. The van der Waals surface area contributed by atoms with Gasteiger partial charge in [-0.1, -0.05) is 44.2 Å². The second-order valence-corrected chi connectivity index (χ2v) is 6.57. The molecule has 0 spiro atoms. The quantitative estimate of drug-likeness (QED) is 0.847. The number of amides is 2. The normalized spacial score (nSPS) is 19.5. The zero-order valence-electron chi connectivity index (χ0n) is 13.7. The van der Waals surface area contributed by atoms with Gasteiger partial charge in [-0.05, 0) is 37.2 Å². The highest BCUT2D eigenvalue weighted by Crippen LogP contribution is 2.27. The Morgan fingerprint density at radius 2 is 2.09 bits per heavy atom. The van der Waals surface area contributed by atoms with E-state index >= 15 is 0 Å². The van der Waals surface area contributed by atoms with E-state index in [4.69, 9.17) is 0 Å². The van der Waals surface area contributed by atoms with E-state index in [1.807, 2.05) is 35.2 Å². The van der Waals surface area contributed by atoms with Gasteiger partial charge in [-0.25, -0.2) is 4.79 Å². The minimum atomic E-state index is -0.504. The first-order chi connectivity index (χ1) is 10.6. The maximum Gasteiger partial charge on any atom is 0.317 e. The van der Waals surface area contributed by atoms with Crippen LogP contribution in [0.1, 0.15) is 51.2 Å². The molecule has 22 heavy (non-hydrogen) atoms. The van der Waals surface area contributed by atoms with Gasteiger partial charge in [0.25, 0.3) is 0 Å². The second-order valence-electron chi connectivity index (χ2n) is 6.57. The van der Waals surface area contributed by atoms with Crippen molar-refractivity contribution in [1.82, 2.24) is 10.2 Å². The fraction of sp³-hybridized carbons (Fsp3) is 0.611. The standard InChI is InChI=1S/C18H28N2O2/c1-14(2)10-11-19-18(22)20-12-6-9-16(20)13-17(21)15-7-4-3-5-8-15/h3-5,7-8,14,16-17,21H,6,9-13H2,1-2H3,(H,19,22). The van der Waals surface area contributed by atoms with Crippen molar-refractivity contribution in [2.45, 2.75) is 51.7 Å². The number of hydrogen-bond acceptors (Lipinski definition) is 2. The molecule has 1 aromatic rings. The van der Waals surface area contributed by atoms with E-state index in [-0.39, 0.29) is 12.1 Å². The summed E-state index contributed by atoms with van der Waals surface area (Å²) in [5, 5.41) is 13.4. The number of carbonyl (C=O) groups is 1. The molecule has 1 fully saturated rings. The van der Waals surface area contributed by atoms with Gasteiger partial charge in [-0.15, -0.1) is 0 Å². The molecular formula is C18H28N2O2. The molecule has 1 heterocycles. The molecule has 1 aliphatic heterocycles. The number of likely N-dealkylation sites (tertiary alicyclic amines) is 1. The summed E-state index contributed by atoms with van der Waals surface area (Å²) in [6.45, 7) is 5.82. The predicted molar refractivity (Wildman–Crippen MR) is 88.6 cm³/mol. The number of nitrogens with zero attached hydrogens (tertiary/aromatic N) is 1. The molecule has 0 radical (unpaired) electrons. The van der Waals surface area contributed by atoms with E-state index in [0.717, 1.165) is 37.9 Å². The zero-order valence-corrected chi connectivity index (χ0v) is 13.7. The SMILES string of the molecule is CC(C)CCNC(=O)N1CCCC1CC(O)c1ccccc1. The highest BCUT2D eigenvalue weighted by Gasteiger charge is 2.30. The Morgan fingerprint density at radius 3 is 2.77 bits per heavy atom. The summed E-state index contributed by atoms with van der Waals surface area (Å²) in [5.41, 5.74) is 0.926. The fourth-order valence-corrected chi connectivity index (χ4v) is 2.99. The summed E-state index contributed by atoms with van der Waals surface area (Å²) in [7, 11) is 0. The molecule has 0 saturated carbocycles. The summed E-state index contributed by atoms with van der Waals surface area (Å²) < 4.78 is 0. The van der Waals surface area contributed by atoms with Crippen molar-refractivity contribution in [3.63, 3.8) is 0 Å². The number of hydrogen-bond donors (Lipinski definition) is 2. The van der Waals surface area contributed by atoms with Crippen molar-refractivity contribution in [2.24, 2.45) is 5.92 Å². The van der Waals surface area contributed by atoms with E-state index in [9.17, 15) is 9.90 Å². The Hall–Kier alpha value is -1.55. The van der Waals surface area contributed by atoms with Gasteiger partial charge in [0, 0.05) is 19.1 Å². The second kappa shape index (κ2) is 8.18. The zero-order chi connectivity index (χ0) is 15.9. The average molecular weight is 304 g/mol. The number of carbonyl (C=O) groups excluding carboxylic acids is 1. The molecule has 0 aliphatic carbocycles. The summed E-state index contributed by atoms with van der Waals surface area (Å²) in [6, 6.07) is 9.84. The minimum Gasteiger partial charge on any atom is -0.388 e. The summed E-state index contributed by atoms with van der Waals surface area (Å²) in [4.78, 5) is 14.2. The Labute approximate surface area is 133 Å². The van der Waals surface area contributed by atoms with Gasteiger partial charge in [-0.2, -0.15) is 0 Å². The lowest BCUT2D eigenvalue weighted by Gasteiger charge is -2.27. The van der Waals surface area contributed by atoms with Crippen LogP contribution in [-0.2, 0) is 0 Å². The van der Waals surface area contributed by atoms with Crippen LogP contribution in [0.2, 0.25) is 0 Å². The number of rotatable bonds is 6. The average Bonchev–Trinajstić information content (AvgIpc) is 2.96. The Bertz CT molecular complexity index is 461. The van der Waals surface area contributed by atoms with Crippen LogP contribution in [0.15, 0.2) is 30.3 Å². The van der Waals surface area contributed by atoms with Gasteiger partial charge in [0.15, 0.2) is 0 Å². The Kier molecular flexibility index (Phi) is 6.25. The first kappa shape index (κ1) is 16.8. The van der Waals surface area contributed by atoms with Gasteiger partial charge in [0.2, 0.25) is 0 Å². The first-order valence-corrected chi connectivity index (χ1v) is 8.35. The third kappa shape index (κ3) is 4.73. The van der Waals surface area contributed by atoms with E-state index in [2.05, 4.69) is 19.2 Å². The summed E-state index contributed by atoms with van der Waals surface area (Å²) in [5.74, 6) is 0.592. The smallest absolute Gasteiger partial charge is 0.317 e. The molecule has 1 aromatic carbocycles. The van der Waals surface area contributed by atoms with Crippen molar-refractivity contribution in [3.05, 3.63) is 35.9 Å². The van der Waals surface area contributed by atoms with Crippen LogP contribution < -0.4 is 5.32 Å². The van der Waals surface area contributed by atoms with Crippen molar-refractivity contribution in [2.75, 3.05) is 13.1 Å². The predicted octanol–water partition coefficient (Wildman–Crippen LogP) is 3.33. The highest BCUT2D eigenvalue weighted by molar-refractivity contribution is 5.74. The van der Waals surface area contributed by atoms with Crippen LogP contribution in [-0.4, -0.2) is 35.2 Å². The number of urea groups is 1. The van der Waals surface area contributed by atoms with E-state index in [0.29, 0.717) is 12.3 Å². The van der Waals surface area contributed by atoms with Crippen LogP contribution in [0.3, 0.4) is 0 Å². The molecule has 2 amide bonds. The van der Waals surface area contributed by atoms with Gasteiger partial charge in [-0.3, -0.25) is 0 Å². The monoisotopic (exact) mass is 304 g/mol. The van der Waals surface area contributed by atoms with Gasteiger partial charge < -0.3 is 15.3 Å². The summed E-state index contributed by atoms with van der Waals surface area (Å²) in [6.07, 6.45) is 3.10. The molecule has 4 heteroatoms. The van der Waals surface area contributed by atoms with Crippen molar-refractivity contribution >= 4 is 6.03 Å². The van der Waals surface area contributed by atoms with E-state index < -0.39 is 6.10 Å². The maximum atomic E-state index is 12.3. The Morgan fingerprint density at radius 1 is 1.36 bits per heavy atom. The van der Waals surface area contributed by atoms with Gasteiger partial charge in [0.05, 0.1) is 6.10 Å². The van der Waals surface area contributed by atoms with Crippen LogP contribution in [0.4, 0.5) is 4.79 Å². The Balaban J connectivity index is 1.86. The lowest BCUT2D eigenvalue weighted by molar-refractivity contribution is 0.126. The fourth-order valence-electron chi connectivity index (χ4n) is 2.99. The number of nitrogens with one attached hydrogen (secondary N) is 1. The molecule has 4 nitrogen and oxygen atoms in total. The lowest BCUT2D eigenvalue weighted by atomic mass is 10.0. The van der Waals surface area contributed by atoms with E-state index in [1.165, 1.54) is 0 Å². The van der Waals surface area contributed by atoms with Crippen molar-refractivity contribution in [1.29, 1.82) is 0 Å². The molecule has 0 aromatic heterocycles. The molecule has 2 atom stereocenters. The summed E-state index contributed by atoms with van der Waals surface area (Å²) >= 11 is 0. The van der Waals surface area contributed by atoms with Crippen LogP contribution in [0.25, 0.3) is 0 Å². The molecule has 2 N–H and O–H groups in total. The third-order valence-electron chi connectivity index (χ3n) is 4.32. The largest absolute Gasteiger partial charge is 0.388 e. The van der Waals surface area contributed by atoms with Gasteiger partial charge >= 0.3 is 6.03 Å². The minimum absolute atomic E-state index is 0.0170. The lowest BCUT2D eigenvalue weighted by Crippen LogP contribution is -2.43. The topological polar surface area (TPSA) is 52.6 Å². The molecule has 2 rings (SSSR count). The molecule has 2 unspecified atom stereocenters. The number of benzene rings is 1. The van der Waals surface area contributed by atoms with Crippen molar-refractivity contribution < 1.29 is 9.90 Å². The van der Waals surface area contributed by atoms with Crippen LogP contribution in [0.5, 0.6) is 0 Å². The molecule has 1 aliphatic rings. The molecular weight excluding hydrogens is 276 g/mol. The van der Waals surface area contributed by atoms with Crippen LogP contribution in [0, 0.1) is 5.92 Å². The first-order valence-electron chi connectivity index (χ1n) is 8.35. The maximum absolute atomic E-state index is 12.3. The molecule has 122 valence electrons.